The van der Waals surface area contributed by atoms with Crippen molar-refractivity contribution in [3.63, 3.8) is 0 Å². The van der Waals surface area contributed by atoms with E-state index in [4.69, 9.17) is 4.42 Å². The Bertz CT molecular complexity index is 2600. The van der Waals surface area contributed by atoms with Gasteiger partial charge >= 0.3 is 0 Å². The number of fused-ring (bicyclic) bond motifs is 3. The van der Waals surface area contributed by atoms with Crippen molar-refractivity contribution in [1.29, 1.82) is 0 Å². The average molecular weight is 698 g/mol. The van der Waals surface area contributed by atoms with Gasteiger partial charge in [0.2, 0.25) is 0 Å². The van der Waals surface area contributed by atoms with E-state index in [1.54, 1.807) is 5.56 Å². The predicted octanol–water partition coefficient (Wildman–Crippen LogP) is 14.5. The molecule has 0 N–H and O–H groups in total. The van der Waals surface area contributed by atoms with Crippen LogP contribution >= 0.6 is 0 Å². The standard InChI is InChI=1S/C52H43NO/c1-3-11-38(12-4-1)44-15-7-8-16-45(44)40-19-21-41(22-20-40)53(43-24-26-48-47-17-9-10-18-50(47)54-51(48)31-43)42-23-25-46(39-13-5-2-6-14-39)49(30-42)52-32-35-27-36(33-52)29-37(28-35)34-52/h1-26,30-31,35-37H,27-29,32-34H2. The number of para-hydroxylation sites is 1. The van der Waals surface area contributed by atoms with E-state index in [0.29, 0.717) is 0 Å². The van der Waals surface area contributed by atoms with E-state index >= 15 is 0 Å². The molecular weight excluding hydrogens is 655 g/mol. The maximum Gasteiger partial charge on any atom is 0.137 e. The van der Waals surface area contributed by atoms with Crippen molar-refractivity contribution < 1.29 is 4.42 Å². The summed E-state index contributed by atoms with van der Waals surface area (Å²) in [5, 5.41) is 2.30. The van der Waals surface area contributed by atoms with Crippen molar-refractivity contribution >= 4 is 39.0 Å². The second kappa shape index (κ2) is 12.6. The normalized spacial score (nSPS) is 21.5. The molecule has 12 rings (SSSR count). The molecule has 2 heteroatoms. The quantitative estimate of drug-likeness (QED) is 0.165. The van der Waals surface area contributed by atoms with Crippen molar-refractivity contribution in [3.8, 4) is 33.4 Å². The van der Waals surface area contributed by atoms with E-state index in [0.717, 1.165) is 51.1 Å². The highest BCUT2D eigenvalue weighted by atomic mass is 16.3. The monoisotopic (exact) mass is 697 g/mol. The van der Waals surface area contributed by atoms with Crippen LogP contribution in [-0.2, 0) is 5.41 Å². The molecule has 4 aliphatic carbocycles. The van der Waals surface area contributed by atoms with Crippen LogP contribution in [0, 0.1) is 17.8 Å². The lowest BCUT2D eigenvalue weighted by molar-refractivity contribution is -0.00490. The lowest BCUT2D eigenvalue weighted by atomic mass is 9.47. The van der Waals surface area contributed by atoms with Crippen LogP contribution in [0.2, 0.25) is 0 Å². The van der Waals surface area contributed by atoms with Crippen molar-refractivity contribution in [2.45, 2.75) is 43.9 Å². The molecule has 4 saturated carbocycles. The van der Waals surface area contributed by atoms with E-state index in [1.807, 2.05) is 0 Å². The second-order valence-corrected chi connectivity index (χ2v) is 16.4. The molecule has 4 bridgehead atoms. The van der Waals surface area contributed by atoms with Crippen molar-refractivity contribution in [3.05, 3.63) is 175 Å². The second-order valence-electron chi connectivity index (χ2n) is 16.4. The van der Waals surface area contributed by atoms with E-state index in [2.05, 4.69) is 175 Å². The summed E-state index contributed by atoms with van der Waals surface area (Å²) < 4.78 is 6.49. The van der Waals surface area contributed by atoms with Crippen molar-refractivity contribution in [1.82, 2.24) is 0 Å². The highest BCUT2D eigenvalue weighted by Gasteiger charge is 2.52. The summed E-state index contributed by atoms with van der Waals surface area (Å²) in [6.07, 6.45) is 8.27. The molecule has 2 nitrogen and oxygen atoms in total. The minimum atomic E-state index is 0.231. The molecular formula is C52H43NO. The zero-order valence-corrected chi connectivity index (χ0v) is 30.5. The summed E-state index contributed by atoms with van der Waals surface area (Å²) in [5.74, 6) is 2.59. The van der Waals surface area contributed by atoms with E-state index in [-0.39, 0.29) is 5.41 Å². The minimum Gasteiger partial charge on any atom is -0.456 e. The third kappa shape index (κ3) is 5.30. The van der Waals surface area contributed by atoms with Crippen LogP contribution in [0.25, 0.3) is 55.3 Å². The average Bonchev–Trinajstić information content (AvgIpc) is 3.59. The lowest BCUT2D eigenvalue weighted by Gasteiger charge is -2.57. The summed E-state index contributed by atoms with van der Waals surface area (Å²) in [4.78, 5) is 2.46. The zero-order chi connectivity index (χ0) is 35.6. The van der Waals surface area contributed by atoms with Crippen LogP contribution in [0.1, 0.15) is 44.1 Å². The molecule has 4 aliphatic rings. The molecule has 262 valence electrons. The van der Waals surface area contributed by atoms with Gasteiger partial charge in [0.25, 0.3) is 0 Å². The van der Waals surface area contributed by atoms with Gasteiger partial charge in [0.1, 0.15) is 11.2 Å². The van der Waals surface area contributed by atoms with Crippen molar-refractivity contribution in [2.24, 2.45) is 17.8 Å². The number of benzene rings is 7. The van der Waals surface area contributed by atoms with Crippen LogP contribution in [0.15, 0.2) is 174 Å². The summed E-state index contributed by atoms with van der Waals surface area (Å²) >= 11 is 0. The van der Waals surface area contributed by atoms with Gasteiger partial charge in [-0.3, -0.25) is 0 Å². The van der Waals surface area contributed by atoms with E-state index in [1.165, 1.54) is 77.6 Å². The number of furan rings is 1. The van der Waals surface area contributed by atoms with E-state index in [9.17, 15) is 0 Å². The van der Waals surface area contributed by atoms with Crippen LogP contribution in [0.3, 0.4) is 0 Å². The Morgan fingerprint density at radius 1 is 0.407 bits per heavy atom. The Hall–Kier alpha value is -5.86. The number of hydrogen-bond donors (Lipinski definition) is 0. The number of rotatable bonds is 7. The van der Waals surface area contributed by atoms with E-state index < -0.39 is 0 Å². The van der Waals surface area contributed by atoms with Gasteiger partial charge in [0.15, 0.2) is 0 Å². The smallest absolute Gasteiger partial charge is 0.137 e. The van der Waals surface area contributed by atoms with Gasteiger partial charge in [-0.1, -0.05) is 121 Å². The molecule has 1 aromatic heterocycles. The lowest BCUT2D eigenvalue weighted by Crippen LogP contribution is -2.48. The maximum atomic E-state index is 6.49. The van der Waals surface area contributed by atoms with Crippen LogP contribution in [0.4, 0.5) is 17.1 Å². The SMILES string of the molecule is c1ccc(-c2ccccc2-c2ccc(N(c3ccc(-c4ccccc4)c(C45CC6CC(CC(C6)C4)C5)c3)c3ccc4c(c3)oc3ccccc34)cc2)cc1. The first-order valence-electron chi connectivity index (χ1n) is 19.8. The molecule has 7 aromatic carbocycles. The number of anilines is 3. The molecule has 0 unspecified atom stereocenters. The van der Waals surface area contributed by atoms with Gasteiger partial charge in [-0.2, -0.15) is 0 Å². The fraction of sp³-hybridized carbons (Fsp3) is 0.192. The molecule has 0 spiro atoms. The summed E-state index contributed by atoms with van der Waals surface area (Å²) in [5.41, 5.74) is 14.7. The third-order valence-electron chi connectivity index (χ3n) is 13.0. The Morgan fingerprint density at radius 2 is 0.907 bits per heavy atom. The highest BCUT2D eigenvalue weighted by Crippen LogP contribution is 2.62. The fourth-order valence-corrected chi connectivity index (χ4v) is 11.1. The molecule has 54 heavy (non-hydrogen) atoms. The molecule has 0 saturated heterocycles. The third-order valence-corrected chi connectivity index (χ3v) is 13.0. The van der Waals surface area contributed by atoms with Crippen LogP contribution < -0.4 is 4.90 Å². The Kier molecular flexibility index (Phi) is 7.40. The Morgan fingerprint density at radius 3 is 1.57 bits per heavy atom. The fourth-order valence-electron chi connectivity index (χ4n) is 11.1. The molecule has 0 aliphatic heterocycles. The van der Waals surface area contributed by atoms with Gasteiger partial charge in [0.05, 0.1) is 0 Å². The van der Waals surface area contributed by atoms with Crippen LogP contribution in [-0.4, -0.2) is 0 Å². The van der Waals surface area contributed by atoms with Gasteiger partial charge in [-0.15, -0.1) is 0 Å². The topological polar surface area (TPSA) is 16.4 Å². The summed E-state index contributed by atoms with van der Waals surface area (Å²) in [6.45, 7) is 0. The molecule has 4 fully saturated rings. The zero-order valence-electron chi connectivity index (χ0n) is 30.5. The van der Waals surface area contributed by atoms with Gasteiger partial charge in [-0.25, -0.2) is 0 Å². The van der Waals surface area contributed by atoms with Gasteiger partial charge in [-0.05, 0) is 143 Å². The first-order valence-corrected chi connectivity index (χ1v) is 19.8. The molecule has 8 aromatic rings. The first-order chi connectivity index (χ1) is 26.7. The summed E-state index contributed by atoms with van der Waals surface area (Å²) in [7, 11) is 0. The first kappa shape index (κ1) is 31.6. The molecule has 0 atom stereocenters. The Labute approximate surface area is 317 Å². The molecule has 0 radical (unpaired) electrons. The molecule has 0 amide bonds. The minimum absolute atomic E-state index is 0.231. The summed E-state index contributed by atoms with van der Waals surface area (Å²) in [6, 6.07) is 62.3. The van der Waals surface area contributed by atoms with Gasteiger partial charge < -0.3 is 9.32 Å². The van der Waals surface area contributed by atoms with Crippen LogP contribution in [0.5, 0.6) is 0 Å². The maximum absolute atomic E-state index is 6.49. The molecule has 1 heterocycles. The largest absolute Gasteiger partial charge is 0.456 e. The number of nitrogens with zero attached hydrogens (tertiary/aromatic N) is 1. The predicted molar refractivity (Wildman–Crippen MR) is 225 cm³/mol. The highest BCUT2D eigenvalue weighted by molar-refractivity contribution is 6.06. The van der Waals surface area contributed by atoms with Crippen molar-refractivity contribution in [2.75, 3.05) is 4.90 Å². The number of hydrogen-bond acceptors (Lipinski definition) is 2. The van der Waals surface area contributed by atoms with Gasteiger partial charge in [0, 0.05) is 33.9 Å². The Balaban J connectivity index is 1.08.